The maximum atomic E-state index is 13.9. The Morgan fingerprint density at radius 1 is 1.07 bits per heavy atom. The summed E-state index contributed by atoms with van der Waals surface area (Å²) in [5.41, 5.74) is 8.28. The van der Waals surface area contributed by atoms with Crippen LogP contribution < -0.4 is 11.1 Å². The second kappa shape index (κ2) is 12.5. The minimum atomic E-state index is -3.19. The molecule has 3 fully saturated rings. The van der Waals surface area contributed by atoms with Gasteiger partial charge in [-0.15, -0.1) is 0 Å². The van der Waals surface area contributed by atoms with Crippen molar-refractivity contribution >= 4 is 27.7 Å². The number of piperidine rings is 1. The minimum Gasteiger partial charge on any atom is -0.453 e. The predicted octanol–water partition coefficient (Wildman–Crippen LogP) is 3.58. The van der Waals surface area contributed by atoms with Crippen molar-refractivity contribution in [1.82, 2.24) is 19.2 Å². The topological polar surface area (TPSA) is 151 Å². The number of carbonyl (C=O) groups excluding carboxylic acids is 2. The number of hydrogen-bond donors (Lipinski definition) is 3. The number of nitrogens with one attached hydrogen (secondary N) is 2. The summed E-state index contributed by atoms with van der Waals surface area (Å²) in [5.74, 6) is 2.15. The number of aromatic amines is 1. The molecule has 11 nitrogen and oxygen atoms in total. The van der Waals surface area contributed by atoms with Gasteiger partial charge in [0.1, 0.15) is 5.82 Å². The van der Waals surface area contributed by atoms with E-state index in [2.05, 4.69) is 15.0 Å². The number of likely N-dealkylation sites (tertiary alicyclic amines) is 1. The Hall–Kier alpha value is -2.96. The van der Waals surface area contributed by atoms with Gasteiger partial charge in [0.2, 0.25) is 15.9 Å². The van der Waals surface area contributed by atoms with Crippen molar-refractivity contribution < 1.29 is 22.7 Å². The summed E-state index contributed by atoms with van der Waals surface area (Å²) in [7, 11) is -1.87. The molecule has 1 aliphatic carbocycles. The Morgan fingerprint density at radius 2 is 1.76 bits per heavy atom. The summed E-state index contributed by atoms with van der Waals surface area (Å²) < 4.78 is 30.3. The van der Waals surface area contributed by atoms with Crippen LogP contribution in [0.5, 0.6) is 0 Å². The number of nitrogens with two attached hydrogens (primary N) is 1. The van der Waals surface area contributed by atoms with Crippen LogP contribution in [0, 0.1) is 23.7 Å². The zero-order chi connectivity index (χ0) is 29.1. The van der Waals surface area contributed by atoms with Gasteiger partial charge in [0.25, 0.3) is 0 Å². The fourth-order valence-corrected chi connectivity index (χ4v) is 7.70. The molecule has 3 aliphatic rings. The molecule has 1 aromatic carbocycles. The van der Waals surface area contributed by atoms with Crippen LogP contribution in [0.15, 0.2) is 30.5 Å². The van der Waals surface area contributed by atoms with Gasteiger partial charge in [-0.05, 0) is 86.9 Å². The number of H-pyrrole nitrogens is 1. The highest BCUT2D eigenvalue weighted by atomic mass is 32.2. The largest absolute Gasteiger partial charge is 0.453 e. The lowest BCUT2D eigenvalue weighted by atomic mass is 9.81. The lowest BCUT2D eigenvalue weighted by Crippen LogP contribution is -2.41. The van der Waals surface area contributed by atoms with Gasteiger partial charge in [-0.3, -0.25) is 10.1 Å². The molecule has 224 valence electrons. The number of imidazole rings is 1. The van der Waals surface area contributed by atoms with Crippen LogP contribution in [0.1, 0.15) is 56.8 Å². The summed E-state index contributed by atoms with van der Waals surface area (Å²) in [4.78, 5) is 35.7. The van der Waals surface area contributed by atoms with Crippen LogP contribution in [0.2, 0.25) is 0 Å². The Morgan fingerprint density at radius 3 is 2.37 bits per heavy atom. The van der Waals surface area contributed by atoms with Gasteiger partial charge in [0.15, 0.2) is 0 Å². The van der Waals surface area contributed by atoms with E-state index < -0.39 is 16.1 Å². The molecule has 1 saturated carbocycles. The van der Waals surface area contributed by atoms with Crippen LogP contribution in [0.4, 0.5) is 10.5 Å². The molecule has 4 N–H and O–H groups in total. The van der Waals surface area contributed by atoms with E-state index in [9.17, 15) is 18.0 Å². The molecular formula is C29H42N6O5S. The molecule has 1 aromatic heterocycles. The molecule has 41 heavy (non-hydrogen) atoms. The zero-order valence-corrected chi connectivity index (χ0v) is 24.7. The molecule has 0 spiro atoms. The summed E-state index contributed by atoms with van der Waals surface area (Å²) >= 11 is 0. The molecule has 12 heteroatoms. The normalized spacial score (nSPS) is 26.2. The van der Waals surface area contributed by atoms with Crippen molar-refractivity contribution in [2.24, 2.45) is 29.4 Å². The number of ether oxygens (including phenoxy) is 1. The van der Waals surface area contributed by atoms with Crippen molar-refractivity contribution in [1.29, 1.82) is 0 Å². The first-order valence-electron chi connectivity index (χ1n) is 14.6. The molecule has 3 heterocycles. The first-order chi connectivity index (χ1) is 19.7. The molecule has 2 atom stereocenters. The molecule has 5 rings (SSSR count). The minimum absolute atomic E-state index is 0.00965. The second-order valence-corrected chi connectivity index (χ2v) is 13.8. The Kier molecular flexibility index (Phi) is 9.00. The van der Waals surface area contributed by atoms with Gasteiger partial charge in [0, 0.05) is 31.2 Å². The van der Waals surface area contributed by atoms with E-state index in [1.807, 2.05) is 17.0 Å². The average molecular weight is 587 g/mol. The lowest BCUT2D eigenvalue weighted by Gasteiger charge is -2.34. The highest BCUT2D eigenvalue weighted by molar-refractivity contribution is 7.88. The molecule has 1 unspecified atom stereocenters. The van der Waals surface area contributed by atoms with Crippen LogP contribution in [0.25, 0.3) is 11.3 Å². The standard InChI is InChI=1S/C29H42N6O5S/c1-40-29(37)32-24-9-7-21(8-10-24)25-17-31-27(33-25)26-15-23(20-11-13-34(14-12-20)41(2,38)39)18-35(26)28(36)22-5-3-19(16-30)4-6-22/h7-10,17,19-20,22-23,26H,3-6,11-16,18,30H2,1-2H3,(H,31,33)(H,32,37)/t19?,22?,23?,26-/m0/s1. The highest BCUT2D eigenvalue weighted by Gasteiger charge is 2.44. The molecule has 0 bridgehead atoms. The van der Waals surface area contributed by atoms with Crippen LogP contribution >= 0.6 is 0 Å². The van der Waals surface area contributed by atoms with Gasteiger partial charge in [-0.2, -0.15) is 0 Å². The summed E-state index contributed by atoms with van der Waals surface area (Å²) in [6.07, 6.45) is 8.69. The second-order valence-electron chi connectivity index (χ2n) is 11.8. The van der Waals surface area contributed by atoms with E-state index >= 15 is 0 Å². The Bertz CT molecular complexity index is 1310. The zero-order valence-electron chi connectivity index (χ0n) is 23.9. The number of methoxy groups -OCH3 is 1. The molecule has 2 amide bonds. The van der Waals surface area contributed by atoms with Crippen LogP contribution in [0.3, 0.4) is 0 Å². The van der Waals surface area contributed by atoms with E-state index in [1.54, 1.807) is 22.6 Å². The quantitative estimate of drug-likeness (QED) is 0.449. The first kappa shape index (κ1) is 29.5. The van der Waals surface area contributed by atoms with E-state index in [4.69, 9.17) is 10.7 Å². The summed E-state index contributed by atoms with van der Waals surface area (Å²) in [6, 6.07) is 7.24. The van der Waals surface area contributed by atoms with Gasteiger partial charge in [-0.1, -0.05) is 12.1 Å². The third-order valence-corrected chi connectivity index (χ3v) is 10.6. The number of anilines is 1. The third-order valence-electron chi connectivity index (χ3n) is 9.32. The number of nitrogens with zero attached hydrogens (tertiary/aromatic N) is 3. The van der Waals surface area contributed by atoms with Crippen molar-refractivity contribution in [3.63, 3.8) is 0 Å². The van der Waals surface area contributed by atoms with Gasteiger partial charge in [0.05, 0.1) is 31.3 Å². The molecule has 0 radical (unpaired) electrons. The maximum absolute atomic E-state index is 13.9. The highest BCUT2D eigenvalue weighted by Crippen LogP contribution is 2.43. The first-order valence-corrected chi connectivity index (χ1v) is 16.5. The van der Waals surface area contributed by atoms with Crippen LogP contribution in [-0.2, 0) is 19.6 Å². The van der Waals surface area contributed by atoms with E-state index in [0.717, 1.165) is 62.0 Å². The Balaban J connectivity index is 1.33. The summed E-state index contributed by atoms with van der Waals surface area (Å²) in [5, 5.41) is 2.65. The van der Waals surface area contributed by atoms with Crippen LogP contribution in [-0.4, -0.2) is 79.1 Å². The number of benzene rings is 1. The SMILES string of the molecule is COC(=O)Nc1ccc(-c2cnc([C@@H]3CC(C4CCN(S(C)(=O)=O)CC4)CN3C(=O)C3CCC(CN)CC3)[nH]2)cc1. The fraction of sp³-hybridized carbons (Fsp3) is 0.621. The van der Waals surface area contributed by atoms with E-state index in [1.165, 1.54) is 13.4 Å². The maximum Gasteiger partial charge on any atom is 0.411 e. The number of sulfonamides is 1. The number of carbonyl (C=O) groups is 2. The molecule has 2 aromatic rings. The Labute approximate surface area is 242 Å². The smallest absolute Gasteiger partial charge is 0.411 e. The van der Waals surface area contributed by atoms with Gasteiger partial charge < -0.3 is 20.4 Å². The van der Waals surface area contributed by atoms with Crippen molar-refractivity contribution in [3.8, 4) is 11.3 Å². The van der Waals surface area contributed by atoms with E-state index in [0.29, 0.717) is 49.6 Å². The summed E-state index contributed by atoms with van der Waals surface area (Å²) in [6.45, 7) is 2.42. The number of aromatic nitrogens is 2. The van der Waals surface area contributed by atoms with Crippen molar-refractivity contribution in [2.75, 3.05) is 44.9 Å². The van der Waals surface area contributed by atoms with Crippen molar-refractivity contribution in [2.45, 2.75) is 51.0 Å². The number of hydrogen-bond acceptors (Lipinski definition) is 7. The van der Waals surface area contributed by atoms with Gasteiger partial charge in [-0.25, -0.2) is 22.5 Å². The van der Waals surface area contributed by atoms with Gasteiger partial charge >= 0.3 is 6.09 Å². The molecule has 2 saturated heterocycles. The monoisotopic (exact) mass is 586 g/mol. The third kappa shape index (κ3) is 6.76. The van der Waals surface area contributed by atoms with E-state index in [-0.39, 0.29) is 17.9 Å². The average Bonchev–Trinajstić information content (AvgIpc) is 3.65. The molecular weight excluding hydrogens is 544 g/mol. The number of rotatable bonds is 7. The van der Waals surface area contributed by atoms with Crippen molar-refractivity contribution in [3.05, 3.63) is 36.3 Å². The number of amides is 2. The molecule has 2 aliphatic heterocycles. The predicted molar refractivity (Wildman–Crippen MR) is 156 cm³/mol. The lowest BCUT2D eigenvalue weighted by molar-refractivity contribution is -0.138. The fourth-order valence-electron chi connectivity index (χ4n) is 6.83.